The first kappa shape index (κ1) is 13.4. The molecule has 2 nitrogen and oxygen atoms in total. The Bertz CT molecular complexity index is 709. The molecule has 0 spiro atoms. The zero-order valence-corrected chi connectivity index (χ0v) is 12.6. The molecule has 0 bridgehead atoms. The highest BCUT2D eigenvalue weighted by Gasteiger charge is 2.13. The molecule has 0 radical (unpaired) electrons. The third kappa shape index (κ3) is 2.51. The number of H-pyrrole nitrogens is 1. The van der Waals surface area contributed by atoms with Crippen molar-refractivity contribution >= 4 is 22.2 Å². The van der Waals surface area contributed by atoms with E-state index in [1.54, 1.807) is 0 Å². The third-order valence-electron chi connectivity index (χ3n) is 3.68. The van der Waals surface area contributed by atoms with Crippen molar-refractivity contribution in [3.05, 3.63) is 46.8 Å². The van der Waals surface area contributed by atoms with Gasteiger partial charge in [-0.2, -0.15) is 0 Å². The lowest BCUT2D eigenvalue weighted by molar-refractivity contribution is 0.748. The first-order chi connectivity index (χ1) is 9.79. The Morgan fingerprint density at radius 2 is 1.95 bits per heavy atom. The minimum absolute atomic E-state index is 0.774. The summed E-state index contributed by atoms with van der Waals surface area (Å²) in [5, 5.41) is 1.35. The number of benzene rings is 1. The molecule has 0 aliphatic rings. The molecule has 0 saturated carbocycles. The lowest BCUT2D eigenvalue weighted by atomic mass is 10.0. The number of thiophene rings is 1. The van der Waals surface area contributed by atoms with Crippen molar-refractivity contribution in [2.24, 2.45) is 5.73 Å². The number of aryl methyl sites for hydroxylation is 2. The number of hydrogen-bond acceptors (Lipinski definition) is 2. The predicted octanol–water partition coefficient (Wildman–Crippen LogP) is 4.49. The van der Waals surface area contributed by atoms with Gasteiger partial charge in [0.05, 0.1) is 10.6 Å². The first-order valence-electron chi connectivity index (χ1n) is 7.16. The number of rotatable bonds is 5. The van der Waals surface area contributed by atoms with E-state index in [4.69, 9.17) is 5.73 Å². The van der Waals surface area contributed by atoms with Crippen LogP contribution in [0.3, 0.4) is 0 Å². The Labute approximate surface area is 123 Å². The van der Waals surface area contributed by atoms with Gasteiger partial charge in [-0.15, -0.1) is 11.3 Å². The van der Waals surface area contributed by atoms with Crippen molar-refractivity contribution in [1.82, 2.24) is 4.98 Å². The Kier molecular flexibility index (Phi) is 3.90. The lowest BCUT2D eigenvalue weighted by Gasteiger charge is -2.03. The number of unbranched alkanes of at least 4 members (excludes halogenated alkanes) is 1. The molecule has 3 rings (SSSR count). The summed E-state index contributed by atoms with van der Waals surface area (Å²) in [7, 11) is 0. The van der Waals surface area contributed by atoms with Gasteiger partial charge in [0.15, 0.2) is 0 Å². The fourth-order valence-corrected chi connectivity index (χ4v) is 3.58. The van der Waals surface area contributed by atoms with Crippen LogP contribution >= 0.6 is 11.3 Å². The number of hydrogen-bond donors (Lipinski definition) is 2. The molecule has 3 heteroatoms. The molecular weight excluding hydrogens is 264 g/mol. The number of para-hydroxylation sites is 1. The molecule has 0 atom stereocenters. The van der Waals surface area contributed by atoms with Crippen LogP contribution in [0.4, 0.5) is 0 Å². The van der Waals surface area contributed by atoms with Crippen molar-refractivity contribution in [3.63, 3.8) is 0 Å². The topological polar surface area (TPSA) is 41.8 Å². The van der Waals surface area contributed by atoms with Gasteiger partial charge in [-0.05, 0) is 56.5 Å². The molecule has 1 aromatic carbocycles. The van der Waals surface area contributed by atoms with E-state index in [9.17, 15) is 0 Å². The summed E-state index contributed by atoms with van der Waals surface area (Å²) in [4.78, 5) is 6.29. The third-order valence-corrected chi connectivity index (χ3v) is 4.70. The Morgan fingerprint density at radius 3 is 2.70 bits per heavy atom. The van der Waals surface area contributed by atoms with E-state index in [-0.39, 0.29) is 0 Å². The second-order valence-electron chi connectivity index (χ2n) is 5.18. The van der Waals surface area contributed by atoms with Gasteiger partial charge in [0.1, 0.15) is 0 Å². The fourth-order valence-electron chi connectivity index (χ4n) is 2.69. The molecule has 0 saturated heterocycles. The molecule has 3 aromatic rings. The van der Waals surface area contributed by atoms with E-state index in [2.05, 4.69) is 48.3 Å². The first-order valence-corrected chi connectivity index (χ1v) is 7.97. The Hall–Kier alpha value is -1.58. The van der Waals surface area contributed by atoms with Crippen LogP contribution in [0.15, 0.2) is 36.4 Å². The highest BCUT2D eigenvalue weighted by atomic mass is 32.1. The quantitative estimate of drug-likeness (QED) is 0.666. The smallest absolute Gasteiger partial charge is 0.0598 e. The monoisotopic (exact) mass is 284 g/mol. The second-order valence-corrected chi connectivity index (χ2v) is 6.47. The largest absolute Gasteiger partial charge is 0.354 e. The van der Waals surface area contributed by atoms with Crippen molar-refractivity contribution in [2.75, 3.05) is 6.54 Å². The van der Waals surface area contributed by atoms with E-state index in [0.29, 0.717) is 0 Å². The van der Waals surface area contributed by atoms with Crippen molar-refractivity contribution in [2.45, 2.75) is 26.2 Å². The van der Waals surface area contributed by atoms with Crippen molar-refractivity contribution in [3.8, 4) is 10.6 Å². The normalized spacial score (nSPS) is 11.3. The van der Waals surface area contributed by atoms with Crippen LogP contribution in [0, 0.1) is 6.92 Å². The van der Waals surface area contributed by atoms with Crippen LogP contribution < -0.4 is 5.73 Å². The summed E-state index contributed by atoms with van der Waals surface area (Å²) >= 11 is 1.85. The molecule has 0 aliphatic heterocycles. The van der Waals surface area contributed by atoms with Gasteiger partial charge in [0, 0.05) is 15.8 Å². The minimum Gasteiger partial charge on any atom is -0.354 e. The Balaban J connectivity index is 2.07. The van der Waals surface area contributed by atoms with E-state index >= 15 is 0 Å². The number of nitrogens with two attached hydrogens (primary N) is 1. The fraction of sp³-hybridized carbons (Fsp3) is 0.294. The van der Waals surface area contributed by atoms with E-state index < -0.39 is 0 Å². The molecule has 0 unspecified atom stereocenters. The van der Waals surface area contributed by atoms with Gasteiger partial charge in [0.2, 0.25) is 0 Å². The second kappa shape index (κ2) is 5.81. The Morgan fingerprint density at radius 1 is 1.10 bits per heavy atom. The van der Waals surface area contributed by atoms with Gasteiger partial charge >= 0.3 is 0 Å². The molecule has 0 fully saturated rings. The average Bonchev–Trinajstić information content (AvgIpc) is 3.03. The number of aromatic amines is 1. The van der Waals surface area contributed by atoms with Crippen LogP contribution in [0.2, 0.25) is 0 Å². The SMILES string of the molecule is Cc1ccc(-c2[nH]c3ccccc3c2CCCCN)s1. The van der Waals surface area contributed by atoms with E-state index in [1.807, 2.05) is 11.3 Å². The van der Waals surface area contributed by atoms with Gasteiger partial charge in [-0.25, -0.2) is 0 Å². The zero-order valence-electron chi connectivity index (χ0n) is 11.8. The summed E-state index contributed by atoms with van der Waals surface area (Å²) < 4.78 is 0. The molecule has 0 amide bonds. The molecule has 2 heterocycles. The highest BCUT2D eigenvalue weighted by molar-refractivity contribution is 7.15. The molecule has 104 valence electrons. The van der Waals surface area contributed by atoms with Crippen LogP contribution in [0.5, 0.6) is 0 Å². The van der Waals surface area contributed by atoms with Crippen LogP contribution in [0.25, 0.3) is 21.5 Å². The van der Waals surface area contributed by atoms with Crippen molar-refractivity contribution < 1.29 is 0 Å². The number of fused-ring (bicyclic) bond motifs is 1. The van der Waals surface area contributed by atoms with Gasteiger partial charge in [-0.1, -0.05) is 18.2 Å². The summed E-state index contributed by atoms with van der Waals surface area (Å²) in [6.07, 6.45) is 3.33. The number of aromatic nitrogens is 1. The van der Waals surface area contributed by atoms with Crippen LogP contribution in [-0.4, -0.2) is 11.5 Å². The summed E-state index contributed by atoms with van der Waals surface area (Å²) in [5.41, 5.74) is 9.59. The van der Waals surface area contributed by atoms with Crippen LogP contribution in [-0.2, 0) is 6.42 Å². The summed E-state index contributed by atoms with van der Waals surface area (Å²) in [6.45, 7) is 2.93. The molecule has 3 N–H and O–H groups in total. The van der Waals surface area contributed by atoms with Gasteiger partial charge in [-0.3, -0.25) is 0 Å². The maximum absolute atomic E-state index is 5.63. The molecular formula is C17H20N2S. The van der Waals surface area contributed by atoms with Crippen molar-refractivity contribution in [1.29, 1.82) is 0 Å². The molecule has 0 aliphatic carbocycles. The van der Waals surface area contributed by atoms with Gasteiger partial charge in [0.25, 0.3) is 0 Å². The summed E-state index contributed by atoms with van der Waals surface area (Å²) in [5.74, 6) is 0. The van der Waals surface area contributed by atoms with E-state index in [1.165, 1.54) is 31.9 Å². The lowest BCUT2D eigenvalue weighted by Crippen LogP contribution is -1.99. The minimum atomic E-state index is 0.774. The maximum Gasteiger partial charge on any atom is 0.0598 e. The molecule has 20 heavy (non-hydrogen) atoms. The standard InChI is InChI=1S/C17H20N2S/c1-12-9-10-16(20-12)17-14(7-4-5-11-18)13-6-2-3-8-15(13)19-17/h2-3,6,8-10,19H,4-5,7,11,18H2,1H3. The molecule has 2 aromatic heterocycles. The van der Waals surface area contributed by atoms with Crippen LogP contribution in [0.1, 0.15) is 23.3 Å². The number of nitrogens with one attached hydrogen (secondary N) is 1. The van der Waals surface area contributed by atoms with Gasteiger partial charge < -0.3 is 10.7 Å². The van der Waals surface area contributed by atoms with E-state index in [0.717, 1.165) is 25.8 Å². The predicted molar refractivity (Wildman–Crippen MR) is 88.3 cm³/mol. The highest BCUT2D eigenvalue weighted by Crippen LogP contribution is 2.35. The maximum atomic E-state index is 5.63. The summed E-state index contributed by atoms with van der Waals surface area (Å²) in [6, 6.07) is 13.0. The average molecular weight is 284 g/mol. The zero-order chi connectivity index (χ0) is 13.9.